The number of ketones is 1. The molecule has 0 aromatic heterocycles. The fourth-order valence-corrected chi connectivity index (χ4v) is 5.65. The van der Waals surface area contributed by atoms with Crippen LogP contribution in [-0.4, -0.2) is 28.9 Å². The van der Waals surface area contributed by atoms with Crippen molar-refractivity contribution in [2.45, 2.75) is 79.2 Å². The number of rotatable bonds is 6. The summed E-state index contributed by atoms with van der Waals surface area (Å²) in [4.78, 5) is 35.1. The van der Waals surface area contributed by atoms with Crippen molar-refractivity contribution in [1.82, 2.24) is 0 Å². The van der Waals surface area contributed by atoms with Gasteiger partial charge in [-0.15, -0.1) is 0 Å². The molecule has 0 bridgehead atoms. The molecule has 2 rings (SSSR count). The molecule has 0 heterocycles. The van der Waals surface area contributed by atoms with Crippen molar-refractivity contribution < 1.29 is 24.2 Å². The first kappa shape index (κ1) is 21.6. The van der Waals surface area contributed by atoms with E-state index in [-0.39, 0.29) is 52.9 Å². The molecule has 1 N–H and O–H groups in total. The van der Waals surface area contributed by atoms with E-state index in [1.165, 1.54) is 6.92 Å². The zero-order valence-corrected chi connectivity index (χ0v) is 17.3. The Hall–Kier alpha value is -1.65. The molecule has 2 aliphatic rings. The molecular formula is C22H34O5. The van der Waals surface area contributed by atoms with Gasteiger partial charge in [0.05, 0.1) is 0 Å². The predicted octanol–water partition coefficient (Wildman–Crippen LogP) is 4.40. The van der Waals surface area contributed by atoms with Crippen LogP contribution in [0, 0.1) is 28.6 Å². The topological polar surface area (TPSA) is 80.7 Å². The van der Waals surface area contributed by atoms with Gasteiger partial charge < -0.3 is 9.84 Å². The lowest BCUT2D eigenvalue weighted by Crippen LogP contribution is -2.57. The second-order valence-electron chi connectivity index (χ2n) is 9.30. The van der Waals surface area contributed by atoms with E-state index < -0.39 is 5.97 Å². The lowest BCUT2D eigenvalue weighted by atomic mass is 9.45. The van der Waals surface area contributed by atoms with Crippen molar-refractivity contribution in [2.24, 2.45) is 28.6 Å². The SMILES string of the molecule is C=C1C(=O)CCC2C1(C)CC(OC(C)=O)C(C)C2(C)CCC(C)CC(=O)O. The Labute approximate surface area is 162 Å². The van der Waals surface area contributed by atoms with E-state index in [9.17, 15) is 14.4 Å². The molecule has 5 heteroatoms. The standard InChI is InChI=1S/C22H34O5/c1-13(11-20(25)26)9-10-21(5)15(3)18(27-16(4)23)12-22(6)14(2)17(24)7-8-19(21)22/h13,15,18-19H,2,7-12H2,1,3-6H3,(H,25,26). The van der Waals surface area contributed by atoms with E-state index in [0.717, 1.165) is 19.3 Å². The summed E-state index contributed by atoms with van der Waals surface area (Å²) in [5.41, 5.74) is 0.128. The zero-order valence-electron chi connectivity index (χ0n) is 17.3. The van der Waals surface area contributed by atoms with Gasteiger partial charge in [-0.3, -0.25) is 14.4 Å². The summed E-state index contributed by atoms with van der Waals surface area (Å²) in [6, 6.07) is 0. The van der Waals surface area contributed by atoms with Gasteiger partial charge in [0.15, 0.2) is 5.78 Å². The number of carbonyl (C=O) groups is 3. The van der Waals surface area contributed by atoms with Crippen molar-refractivity contribution in [3.8, 4) is 0 Å². The largest absolute Gasteiger partial charge is 0.481 e. The van der Waals surface area contributed by atoms with Gasteiger partial charge in [0.1, 0.15) is 6.10 Å². The number of aliphatic carboxylic acids is 1. The minimum absolute atomic E-state index is 0.0836. The van der Waals surface area contributed by atoms with Gasteiger partial charge in [0.25, 0.3) is 0 Å². The number of hydrogen-bond acceptors (Lipinski definition) is 4. The van der Waals surface area contributed by atoms with Gasteiger partial charge in [0.2, 0.25) is 0 Å². The first-order valence-electron chi connectivity index (χ1n) is 10.0. The molecule has 0 spiro atoms. The van der Waals surface area contributed by atoms with Gasteiger partial charge in [-0.1, -0.05) is 34.3 Å². The van der Waals surface area contributed by atoms with E-state index in [0.29, 0.717) is 18.4 Å². The number of hydrogen-bond donors (Lipinski definition) is 1. The third-order valence-corrected chi connectivity index (χ3v) is 7.49. The van der Waals surface area contributed by atoms with Crippen LogP contribution >= 0.6 is 0 Å². The molecule has 5 nitrogen and oxygen atoms in total. The highest BCUT2D eigenvalue weighted by Crippen LogP contribution is 2.62. The van der Waals surface area contributed by atoms with Crippen LogP contribution in [-0.2, 0) is 19.1 Å². The summed E-state index contributed by atoms with van der Waals surface area (Å²) in [5.74, 6) is -0.467. The molecule has 2 fully saturated rings. The highest BCUT2D eigenvalue weighted by Gasteiger charge is 2.59. The van der Waals surface area contributed by atoms with Crippen LogP contribution in [0.25, 0.3) is 0 Å². The summed E-state index contributed by atoms with van der Waals surface area (Å²) >= 11 is 0. The molecule has 6 unspecified atom stereocenters. The van der Waals surface area contributed by atoms with Gasteiger partial charge in [-0.25, -0.2) is 0 Å². The molecule has 0 radical (unpaired) electrons. The predicted molar refractivity (Wildman–Crippen MR) is 103 cm³/mol. The Morgan fingerprint density at radius 2 is 2.00 bits per heavy atom. The normalized spacial score (nSPS) is 37.4. The van der Waals surface area contributed by atoms with E-state index >= 15 is 0 Å². The molecular weight excluding hydrogens is 344 g/mol. The maximum Gasteiger partial charge on any atom is 0.303 e. The molecule has 0 aromatic rings. The molecule has 2 saturated carbocycles. The van der Waals surface area contributed by atoms with E-state index in [2.05, 4.69) is 27.4 Å². The molecule has 0 amide bonds. The zero-order chi connectivity index (χ0) is 20.6. The molecule has 2 aliphatic carbocycles. The number of allylic oxidation sites excluding steroid dienone is 1. The first-order valence-corrected chi connectivity index (χ1v) is 10.0. The number of ether oxygens (including phenoxy) is 1. The number of Topliss-reactive ketones (excluding diaryl/α,β-unsaturated/α-hetero) is 1. The maximum atomic E-state index is 12.4. The van der Waals surface area contributed by atoms with Crippen molar-refractivity contribution in [2.75, 3.05) is 0 Å². The second kappa shape index (κ2) is 7.76. The highest BCUT2D eigenvalue weighted by molar-refractivity contribution is 5.97. The van der Waals surface area contributed by atoms with Crippen LogP contribution in [0.5, 0.6) is 0 Å². The number of carboxylic acid groups (broad SMARTS) is 1. The first-order chi connectivity index (χ1) is 12.4. The molecule has 27 heavy (non-hydrogen) atoms. The minimum Gasteiger partial charge on any atom is -0.481 e. The Kier molecular flexibility index (Phi) is 6.23. The fourth-order valence-electron chi connectivity index (χ4n) is 5.65. The monoisotopic (exact) mass is 378 g/mol. The highest BCUT2D eigenvalue weighted by atomic mass is 16.5. The van der Waals surface area contributed by atoms with E-state index in [1.54, 1.807) is 0 Å². The molecule has 0 saturated heterocycles. The summed E-state index contributed by atoms with van der Waals surface area (Å²) in [5, 5.41) is 9.06. The maximum absolute atomic E-state index is 12.4. The molecule has 152 valence electrons. The number of esters is 1. The molecule has 6 atom stereocenters. The smallest absolute Gasteiger partial charge is 0.303 e. The quantitative estimate of drug-likeness (QED) is 0.547. The van der Waals surface area contributed by atoms with E-state index in [1.807, 2.05) is 6.92 Å². The summed E-state index contributed by atoms with van der Waals surface area (Å²) in [6.45, 7) is 14.0. The van der Waals surface area contributed by atoms with Gasteiger partial charge in [0, 0.05) is 25.2 Å². The summed E-state index contributed by atoms with van der Waals surface area (Å²) in [7, 11) is 0. The fraction of sp³-hybridized carbons (Fsp3) is 0.773. The van der Waals surface area contributed by atoms with Crippen molar-refractivity contribution in [3.63, 3.8) is 0 Å². The van der Waals surface area contributed by atoms with Crippen LogP contribution in [0.15, 0.2) is 12.2 Å². The lowest BCUT2D eigenvalue weighted by Gasteiger charge is -2.60. The number of carboxylic acids is 1. The third-order valence-electron chi connectivity index (χ3n) is 7.49. The Balaban J connectivity index is 2.35. The van der Waals surface area contributed by atoms with Crippen LogP contribution in [0.3, 0.4) is 0 Å². The van der Waals surface area contributed by atoms with Crippen molar-refractivity contribution in [3.05, 3.63) is 12.2 Å². The average molecular weight is 379 g/mol. The van der Waals surface area contributed by atoms with Gasteiger partial charge in [-0.05, 0) is 54.4 Å². The number of fused-ring (bicyclic) bond motifs is 1. The molecule has 0 aliphatic heterocycles. The van der Waals surface area contributed by atoms with Crippen LogP contribution < -0.4 is 0 Å². The molecule has 0 aromatic carbocycles. The second-order valence-corrected chi connectivity index (χ2v) is 9.30. The summed E-state index contributed by atoms with van der Waals surface area (Å²) in [6.07, 6.45) is 3.51. The van der Waals surface area contributed by atoms with Crippen LogP contribution in [0.2, 0.25) is 0 Å². The Bertz CT molecular complexity index is 639. The van der Waals surface area contributed by atoms with Gasteiger partial charge in [-0.2, -0.15) is 0 Å². The average Bonchev–Trinajstić information content (AvgIpc) is 2.54. The van der Waals surface area contributed by atoms with Crippen LogP contribution in [0.4, 0.5) is 0 Å². The Morgan fingerprint density at radius 1 is 1.37 bits per heavy atom. The van der Waals surface area contributed by atoms with Crippen molar-refractivity contribution >= 4 is 17.7 Å². The Morgan fingerprint density at radius 3 is 2.56 bits per heavy atom. The van der Waals surface area contributed by atoms with Gasteiger partial charge >= 0.3 is 11.9 Å². The van der Waals surface area contributed by atoms with Crippen molar-refractivity contribution in [1.29, 1.82) is 0 Å². The minimum atomic E-state index is -0.774. The van der Waals surface area contributed by atoms with Crippen LogP contribution in [0.1, 0.15) is 73.1 Å². The lowest BCUT2D eigenvalue weighted by molar-refractivity contribution is -0.172. The number of carbonyl (C=O) groups excluding carboxylic acids is 2. The summed E-state index contributed by atoms with van der Waals surface area (Å²) < 4.78 is 5.68. The third kappa shape index (κ3) is 4.12. The van der Waals surface area contributed by atoms with E-state index in [4.69, 9.17) is 9.84 Å².